The molecule has 5 rings (SSSR count). The van der Waals surface area contributed by atoms with Crippen molar-refractivity contribution in [1.82, 2.24) is 15.3 Å². The summed E-state index contributed by atoms with van der Waals surface area (Å²) in [5.74, 6) is -0.975. The van der Waals surface area contributed by atoms with Crippen molar-refractivity contribution in [3.63, 3.8) is 0 Å². The largest absolute Gasteiger partial charge is 0.353 e. The number of halogens is 2. The SMILES string of the molecule is O=C(Nc1ccc(F)cc1)Nc1ccc(F)c(C(=O)c2ccc3ncc(N4CCNCC4)nc3c2)c1. The Kier molecular flexibility index (Phi) is 6.50. The summed E-state index contributed by atoms with van der Waals surface area (Å²) < 4.78 is 27.7. The number of benzene rings is 3. The van der Waals surface area contributed by atoms with E-state index in [2.05, 4.69) is 30.8 Å². The molecule has 2 heterocycles. The van der Waals surface area contributed by atoms with Gasteiger partial charge in [-0.1, -0.05) is 0 Å². The van der Waals surface area contributed by atoms with Gasteiger partial charge in [0.05, 0.1) is 22.8 Å². The molecule has 0 spiro atoms. The minimum Gasteiger partial charge on any atom is -0.353 e. The van der Waals surface area contributed by atoms with Crippen LogP contribution in [0.4, 0.5) is 30.8 Å². The summed E-state index contributed by atoms with van der Waals surface area (Å²) in [5.41, 5.74) is 1.82. The first-order chi connectivity index (χ1) is 17.5. The van der Waals surface area contributed by atoms with Gasteiger partial charge in [0.2, 0.25) is 0 Å². The normalized spacial score (nSPS) is 13.4. The number of nitrogens with zero attached hydrogens (tertiary/aromatic N) is 3. The third-order valence-corrected chi connectivity index (χ3v) is 5.80. The Morgan fingerprint density at radius 1 is 0.861 bits per heavy atom. The van der Waals surface area contributed by atoms with Crippen molar-refractivity contribution in [1.29, 1.82) is 0 Å². The molecule has 0 saturated carbocycles. The van der Waals surface area contributed by atoms with Gasteiger partial charge in [-0.3, -0.25) is 9.78 Å². The van der Waals surface area contributed by atoms with E-state index in [9.17, 15) is 18.4 Å². The molecule has 1 aliphatic rings. The van der Waals surface area contributed by atoms with Gasteiger partial charge in [0.1, 0.15) is 17.5 Å². The zero-order valence-electron chi connectivity index (χ0n) is 19.1. The van der Waals surface area contributed by atoms with E-state index in [4.69, 9.17) is 0 Å². The van der Waals surface area contributed by atoms with E-state index >= 15 is 0 Å². The molecule has 1 aromatic heterocycles. The van der Waals surface area contributed by atoms with Gasteiger partial charge >= 0.3 is 6.03 Å². The van der Waals surface area contributed by atoms with Gasteiger partial charge in [0, 0.05) is 43.1 Å². The fourth-order valence-electron chi connectivity index (χ4n) is 3.95. The molecule has 1 saturated heterocycles. The van der Waals surface area contributed by atoms with E-state index in [1.165, 1.54) is 36.4 Å². The fourth-order valence-corrected chi connectivity index (χ4v) is 3.95. The molecule has 1 aliphatic heterocycles. The Morgan fingerprint density at radius 2 is 1.58 bits per heavy atom. The van der Waals surface area contributed by atoms with Crippen LogP contribution < -0.4 is 20.9 Å². The van der Waals surface area contributed by atoms with Crippen LogP contribution in [0.5, 0.6) is 0 Å². The van der Waals surface area contributed by atoms with Gasteiger partial charge in [0.25, 0.3) is 0 Å². The van der Waals surface area contributed by atoms with Gasteiger partial charge in [-0.2, -0.15) is 0 Å². The molecule has 0 aliphatic carbocycles. The Morgan fingerprint density at radius 3 is 2.36 bits per heavy atom. The number of fused-ring (bicyclic) bond motifs is 1. The zero-order chi connectivity index (χ0) is 25.1. The summed E-state index contributed by atoms with van der Waals surface area (Å²) in [5, 5.41) is 8.39. The number of hydrogen-bond acceptors (Lipinski definition) is 6. The number of rotatable bonds is 5. The molecule has 8 nitrogen and oxygen atoms in total. The van der Waals surface area contributed by atoms with Crippen LogP contribution in [0, 0.1) is 11.6 Å². The van der Waals surface area contributed by atoms with Gasteiger partial charge in [-0.05, 0) is 60.7 Å². The van der Waals surface area contributed by atoms with Crippen molar-refractivity contribution >= 4 is 40.0 Å². The van der Waals surface area contributed by atoms with Crippen molar-refractivity contribution in [3.05, 3.63) is 89.6 Å². The van der Waals surface area contributed by atoms with Crippen molar-refractivity contribution in [2.45, 2.75) is 0 Å². The van der Waals surface area contributed by atoms with Crippen LogP contribution in [-0.4, -0.2) is 48.0 Å². The van der Waals surface area contributed by atoms with Crippen LogP contribution in [0.2, 0.25) is 0 Å². The van der Waals surface area contributed by atoms with E-state index in [0.717, 1.165) is 38.1 Å². The molecule has 182 valence electrons. The molecule has 3 aromatic carbocycles. The predicted molar refractivity (Wildman–Crippen MR) is 133 cm³/mol. The average Bonchev–Trinajstić information content (AvgIpc) is 2.90. The zero-order valence-corrected chi connectivity index (χ0v) is 19.1. The highest BCUT2D eigenvalue weighted by Gasteiger charge is 2.18. The lowest BCUT2D eigenvalue weighted by Gasteiger charge is -2.28. The number of carbonyl (C=O) groups excluding carboxylic acids is 2. The van der Waals surface area contributed by atoms with Crippen molar-refractivity contribution in [2.75, 3.05) is 41.7 Å². The summed E-state index contributed by atoms with van der Waals surface area (Å²) in [7, 11) is 0. The van der Waals surface area contributed by atoms with Gasteiger partial charge in [-0.15, -0.1) is 0 Å². The maximum Gasteiger partial charge on any atom is 0.323 e. The van der Waals surface area contributed by atoms with Gasteiger partial charge < -0.3 is 20.9 Å². The number of carbonyl (C=O) groups is 2. The molecule has 10 heteroatoms. The van der Waals surface area contributed by atoms with Crippen LogP contribution in [-0.2, 0) is 0 Å². The summed E-state index contributed by atoms with van der Waals surface area (Å²) in [6.45, 7) is 3.31. The number of aromatic nitrogens is 2. The minimum absolute atomic E-state index is 0.194. The molecule has 0 unspecified atom stereocenters. The summed E-state index contributed by atoms with van der Waals surface area (Å²) in [6, 6.07) is 13.2. The van der Waals surface area contributed by atoms with Gasteiger partial charge in [0.15, 0.2) is 5.78 Å². The Bertz CT molecular complexity index is 1440. The fraction of sp³-hybridized carbons (Fsp3) is 0.154. The monoisotopic (exact) mass is 488 g/mol. The van der Waals surface area contributed by atoms with Crippen molar-refractivity contribution < 1.29 is 18.4 Å². The first kappa shape index (κ1) is 23.3. The smallest absolute Gasteiger partial charge is 0.323 e. The molecule has 0 bridgehead atoms. The molecular formula is C26H22F2N6O2. The number of amides is 2. The van der Waals surface area contributed by atoms with E-state index < -0.39 is 23.4 Å². The topological polar surface area (TPSA) is 99.2 Å². The second-order valence-corrected chi connectivity index (χ2v) is 8.28. The first-order valence-electron chi connectivity index (χ1n) is 11.4. The quantitative estimate of drug-likeness (QED) is 0.365. The first-order valence-corrected chi connectivity index (χ1v) is 11.4. The van der Waals surface area contributed by atoms with Gasteiger partial charge in [-0.25, -0.2) is 18.6 Å². The lowest BCUT2D eigenvalue weighted by Crippen LogP contribution is -2.43. The van der Waals surface area contributed by atoms with Crippen LogP contribution in [0.25, 0.3) is 11.0 Å². The third-order valence-electron chi connectivity index (χ3n) is 5.80. The highest BCUT2D eigenvalue weighted by Crippen LogP contribution is 2.22. The second kappa shape index (κ2) is 10.0. The number of urea groups is 1. The number of anilines is 3. The highest BCUT2D eigenvalue weighted by molar-refractivity contribution is 6.11. The molecule has 2 amide bonds. The Labute approximate surface area is 205 Å². The lowest BCUT2D eigenvalue weighted by molar-refractivity contribution is 0.103. The van der Waals surface area contributed by atoms with Crippen LogP contribution in [0.3, 0.4) is 0 Å². The van der Waals surface area contributed by atoms with Crippen LogP contribution in [0.15, 0.2) is 66.9 Å². The molecule has 4 aromatic rings. The molecule has 0 radical (unpaired) electrons. The summed E-state index contributed by atoms with van der Waals surface area (Å²) in [6.07, 6.45) is 1.71. The minimum atomic E-state index is -0.717. The number of piperazine rings is 1. The number of hydrogen-bond donors (Lipinski definition) is 3. The Balaban J connectivity index is 1.36. The predicted octanol–water partition coefficient (Wildman–Crippen LogP) is 4.19. The van der Waals surface area contributed by atoms with E-state index in [0.29, 0.717) is 16.7 Å². The van der Waals surface area contributed by atoms with E-state index in [1.807, 2.05) is 0 Å². The summed E-state index contributed by atoms with van der Waals surface area (Å²) >= 11 is 0. The van der Waals surface area contributed by atoms with Crippen molar-refractivity contribution in [3.8, 4) is 0 Å². The lowest BCUT2D eigenvalue weighted by atomic mass is 10.0. The average molecular weight is 488 g/mol. The standard InChI is InChI=1S/C26H22F2N6O2/c27-17-2-4-18(5-3-17)31-26(36)32-19-6-7-21(28)20(14-19)25(35)16-1-8-22-23(13-16)33-24(15-30-22)34-11-9-29-10-12-34/h1-8,13-15,29H,9-12H2,(H2,31,32,36). The maximum atomic E-state index is 14.6. The van der Waals surface area contributed by atoms with Crippen LogP contribution >= 0.6 is 0 Å². The number of ketones is 1. The third kappa shape index (κ3) is 5.13. The van der Waals surface area contributed by atoms with Crippen molar-refractivity contribution in [2.24, 2.45) is 0 Å². The van der Waals surface area contributed by atoms with Crippen LogP contribution in [0.1, 0.15) is 15.9 Å². The maximum absolute atomic E-state index is 14.6. The molecule has 1 fully saturated rings. The molecular weight excluding hydrogens is 466 g/mol. The number of nitrogens with one attached hydrogen (secondary N) is 3. The molecule has 36 heavy (non-hydrogen) atoms. The van der Waals surface area contributed by atoms with E-state index in [-0.39, 0.29) is 16.8 Å². The molecule has 3 N–H and O–H groups in total. The second-order valence-electron chi connectivity index (χ2n) is 8.28. The Hall–Kier alpha value is -4.44. The highest BCUT2D eigenvalue weighted by atomic mass is 19.1. The van der Waals surface area contributed by atoms with E-state index in [1.54, 1.807) is 24.4 Å². The summed E-state index contributed by atoms with van der Waals surface area (Å²) in [4.78, 5) is 36.7. The molecule has 0 atom stereocenters.